The Kier molecular flexibility index (Phi) is 4.90. The van der Waals surface area contributed by atoms with E-state index in [0.29, 0.717) is 22.9 Å². The third-order valence-corrected chi connectivity index (χ3v) is 4.62. The van der Waals surface area contributed by atoms with Crippen LogP contribution in [0.25, 0.3) is 22.4 Å². The molecule has 4 aromatic rings. The van der Waals surface area contributed by atoms with Gasteiger partial charge in [-0.05, 0) is 37.6 Å². The number of rotatable bonds is 5. The van der Waals surface area contributed by atoms with Crippen molar-refractivity contribution in [2.45, 2.75) is 20.4 Å². The van der Waals surface area contributed by atoms with Crippen molar-refractivity contribution in [2.24, 2.45) is 0 Å². The van der Waals surface area contributed by atoms with Gasteiger partial charge in [0.25, 0.3) is 5.56 Å². The van der Waals surface area contributed by atoms with E-state index in [1.165, 1.54) is 10.7 Å². The molecule has 0 radical (unpaired) electrons. The van der Waals surface area contributed by atoms with Crippen LogP contribution in [0.1, 0.15) is 17.0 Å². The second kappa shape index (κ2) is 7.67. The van der Waals surface area contributed by atoms with Crippen molar-refractivity contribution in [3.8, 4) is 28.3 Å². The van der Waals surface area contributed by atoms with Crippen molar-refractivity contribution in [1.82, 2.24) is 24.9 Å². The number of hydrogen-bond acceptors (Lipinski definition) is 7. The Hall–Kier alpha value is -3.81. The monoisotopic (exact) mass is 389 g/mol. The third kappa shape index (κ3) is 3.77. The maximum atomic E-state index is 12.7. The van der Waals surface area contributed by atoms with Gasteiger partial charge in [0.1, 0.15) is 11.5 Å². The van der Waals surface area contributed by atoms with E-state index in [-0.39, 0.29) is 12.1 Å². The second-order valence-corrected chi connectivity index (χ2v) is 6.58. The standard InChI is InChI=1S/C21H19N5O3/c1-13-4-5-16(10-23-13)21-18(14(2)29-25-21)12-26-20(27)9-17(11-24-26)15-6-7-22-19(8-15)28-3/h4-11H,12H2,1-3H3. The number of nitrogens with zero attached hydrogens (tertiary/aromatic N) is 5. The third-order valence-electron chi connectivity index (χ3n) is 4.62. The average Bonchev–Trinajstić information content (AvgIpc) is 3.10. The minimum Gasteiger partial charge on any atom is -0.481 e. The smallest absolute Gasteiger partial charge is 0.267 e. The summed E-state index contributed by atoms with van der Waals surface area (Å²) in [5.41, 5.74) is 4.47. The maximum absolute atomic E-state index is 12.7. The summed E-state index contributed by atoms with van der Waals surface area (Å²) >= 11 is 0. The van der Waals surface area contributed by atoms with Crippen LogP contribution >= 0.6 is 0 Å². The lowest BCUT2D eigenvalue weighted by molar-refractivity contribution is 0.397. The first kappa shape index (κ1) is 18.5. The van der Waals surface area contributed by atoms with E-state index in [4.69, 9.17) is 9.26 Å². The van der Waals surface area contributed by atoms with Crippen LogP contribution in [0.4, 0.5) is 0 Å². The fourth-order valence-electron chi connectivity index (χ4n) is 2.97. The Bertz CT molecular complexity index is 1210. The van der Waals surface area contributed by atoms with Crippen LogP contribution in [0, 0.1) is 13.8 Å². The van der Waals surface area contributed by atoms with Gasteiger partial charge < -0.3 is 9.26 Å². The van der Waals surface area contributed by atoms with Crippen LogP contribution in [0.5, 0.6) is 5.88 Å². The molecular weight excluding hydrogens is 370 g/mol. The van der Waals surface area contributed by atoms with Crippen LogP contribution in [0.3, 0.4) is 0 Å². The number of ether oxygens (including phenoxy) is 1. The molecule has 0 saturated heterocycles. The molecule has 0 bridgehead atoms. The molecule has 0 aromatic carbocycles. The molecule has 0 aliphatic rings. The molecular formula is C21H19N5O3. The lowest BCUT2D eigenvalue weighted by Crippen LogP contribution is -2.23. The van der Waals surface area contributed by atoms with Crippen molar-refractivity contribution in [3.05, 3.63) is 76.3 Å². The van der Waals surface area contributed by atoms with Gasteiger partial charge in [-0.1, -0.05) is 5.16 Å². The quantitative estimate of drug-likeness (QED) is 0.518. The number of aromatic nitrogens is 5. The molecule has 0 spiro atoms. The Morgan fingerprint density at radius 2 is 1.90 bits per heavy atom. The summed E-state index contributed by atoms with van der Waals surface area (Å²) in [4.78, 5) is 21.1. The van der Waals surface area contributed by atoms with Gasteiger partial charge in [-0.2, -0.15) is 5.10 Å². The van der Waals surface area contributed by atoms with Crippen molar-refractivity contribution in [3.63, 3.8) is 0 Å². The van der Waals surface area contributed by atoms with E-state index < -0.39 is 0 Å². The first-order valence-electron chi connectivity index (χ1n) is 9.01. The van der Waals surface area contributed by atoms with Crippen LogP contribution < -0.4 is 10.3 Å². The number of pyridine rings is 2. The van der Waals surface area contributed by atoms with Crippen molar-refractivity contribution in [1.29, 1.82) is 0 Å². The molecule has 0 atom stereocenters. The molecule has 0 N–H and O–H groups in total. The first-order valence-corrected chi connectivity index (χ1v) is 9.01. The zero-order valence-electron chi connectivity index (χ0n) is 16.3. The Morgan fingerprint density at radius 1 is 1.03 bits per heavy atom. The second-order valence-electron chi connectivity index (χ2n) is 6.58. The topological polar surface area (TPSA) is 95.9 Å². The molecule has 0 aliphatic carbocycles. The van der Waals surface area contributed by atoms with E-state index in [9.17, 15) is 4.79 Å². The number of hydrogen-bond donors (Lipinski definition) is 0. The van der Waals surface area contributed by atoms with Crippen molar-refractivity contribution < 1.29 is 9.26 Å². The predicted octanol–water partition coefficient (Wildman–Crippen LogP) is 3.03. The molecule has 0 unspecified atom stereocenters. The highest BCUT2D eigenvalue weighted by atomic mass is 16.5. The van der Waals surface area contributed by atoms with Gasteiger partial charge in [-0.25, -0.2) is 9.67 Å². The number of aryl methyl sites for hydroxylation is 2. The molecule has 4 rings (SSSR count). The SMILES string of the molecule is COc1cc(-c2cnn(Cc3c(-c4ccc(C)nc4)noc3C)c(=O)c2)ccn1. The van der Waals surface area contributed by atoms with Gasteiger partial charge in [0.05, 0.1) is 19.9 Å². The minimum absolute atomic E-state index is 0.230. The van der Waals surface area contributed by atoms with Crippen LogP contribution in [-0.4, -0.2) is 32.0 Å². The summed E-state index contributed by atoms with van der Waals surface area (Å²) in [7, 11) is 1.55. The maximum Gasteiger partial charge on any atom is 0.267 e. The number of methoxy groups -OCH3 is 1. The van der Waals surface area contributed by atoms with E-state index in [1.807, 2.05) is 26.0 Å². The summed E-state index contributed by atoms with van der Waals surface area (Å²) in [6.45, 7) is 3.98. The molecule has 4 heterocycles. The average molecular weight is 389 g/mol. The molecule has 8 nitrogen and oxygen atoms in total. The van der Waals surface area contributed by atoms with Crippen LogP contribution in [-0.2, 0) is 6.54 Å². The summed E-state index contributed by atoms with van der Waals surface area (Å²) in [6, 6.07) is 8.94. The molecule has 0 saturated carbocycles. The fraction of sp³-hybridized carbons (Fsp3) is 0.190. The van der Waals surface area contributed by atoms with Gasteiger partial charge >= 0.3 is 0 Å². The normalized spacial score (nSPS) is 10.9. The predicted molar refractivity (Wildman–Crippen MR) is 107 cm³/mol. The van der Waals surface area contributed by atoms with Gasteiger partial charge in [0.15, 0.2) is 0 Å². The summed E-state index contributed by atoms with van der Waals surface area (Å²) in [6.07, 6.45) is 5.01. The summed E-state index contributed by atoms with van der Waals surface area (Å²) in [5.74, 6) is 1.11. The van der Waals surface area contributed by atoms with Crippen LogP contribution in [0.2, 0.25) is 0 Å². The van der Waals surface area contributed by atoms with Crippen LogP contribution in [0.15, 0.2) is 58.2 Å². The summed E-state index contributed by atoms with van der Waals surface area (Å²) < 4.78 is 11.9. The molecule has 146 valence electrons. The molecule has 0 amide bonds. The van der Waals surface area contributed by atoms with Crippen molar-refractivity contribution >= 4 is 0 Å². The zero-order chi connectivity index (χ0) is 20.4. The molecule has 4 aromatic heterocycles. The van der Waals surface area contributed by atoms with Gasteiger partial charge in [0.2, 0.25) is 5.88 Å². The van der Waals surface area contributed by atoms with Crippen molar-refractivity contribution in [2.75, 3.05) is 7.11 Å². The lowest BCUT2D eigenvalue weighted by Gasteiger charge is -2.08. The highest BCUT2D eigenvalue weighted by Gasteiger charge is 2.17. The summed E-state index contributed by atoms with van der Waals surface area (Å²) in [5, 5.41) is 8.48. The minimum atomic E-state index is -0.230. The highest BCUT2D eigenvalue weighted by molar-refractivity contribution is 5.63. The molecule has 0 fully saturated rings. The van der Waals surface area contributed by atoms with E-state index >= 15 is 0 Å². The largest absolute Gasteiger partial charge is 0.481 e. The first-order chi connectivity index (χ1) is 14.0. The van der Waals surface area contributed by atoms with E-state index in [0.717, 1.165) is 22.4 Å². The van der Waals surface area contributed by atoms with Gasteiger partial charge in [-0.15, -0.1) is 0 Å². The Balaban J connectivity index is 1.66. The zero-order valence-corrected chi connectivity index (χ0v) is 16.3. The molecule has 8 heteroatoms. The lowest BCUT2D eigenvalue weighted by atomic mass is 10.1. The highest BCUT2D eigenvalue weighted by Crippen LogP contribution is 2.25. The van der Waals surface area contributed by atoms with Gasteiger partial charge in [-0.3, -0.25) is 9.78 Å². The molecule has 29 heavy (non-hydrogen) atoms. The Labute approximate surface area is 166 Å². The Morgan fingerprint density at radius 3 is 2.62 bits per heavy atom. The van der Waals surface area contributed by atoms with E-state index in [2.05, 4.69) is 20.2 Å². The van der Waals surface area contributed by atoms with E-state index in [1.54, 1.807) is 37.8 Å². The molecule has 0 aliphatic heterocycles. The van der Waals surface area contributed by atoms with Gasteiger partial charge in [0, 0.05) is 46.9 Å². The fourth-order valence-corrected chi connectivity index (χ4v) is 2.97.